The maximum absolute atomic E-state index is 13.8. The molecule has 0 fully saturated rings. The standard InChI is InChI=1S/C31H41NO9Si/c1-31(2,3)41-30(34)32-14-12-17-18(13-15-42(7,8)9)25-28(39-16-38-25)27(37-6)21(17)23(32)24-19-10-11-20(35-4)26(36-5)22(19)29(33)40-24/h10-11,23-24H,12-16H2,1-9H3/t23-,24+/m1/s1. The number of hydrogen-bond acceptors (Lipinski definition) is 9. The number of benzene rings is 2. The van der Waals surface area contributed by atoms with Crippen LogP contribution in [0.5, 0.6) is 28.7 Å². The highest BCUT2D eigenvalue weighted by atomic mass is 28.3. The average Bonchev–Trinajstić information content (AvgIpc) is 3.53. The lowest BCUT2D eigenvalue weighted by atomic mass is 9.82. The van der Waals surface area contributed by atoms with E-state index in [9.17, 15) is 9.59 Å². The van der Waals surface area contributed by atoms with Gasteiger partial charge in [0.25, 0.3) is 0 Å². The smallest absolute Gasteiger partial charge is 0.410 e. The van der Waals surface area contributed by atoms with Crippen molar-refractivity contribution in [1.29, 1.82) is 0 Å². The molecule has 0 aromatic heterocycles. The molecule has 228 valence electrons. The Morgan fingerprint density at radius 2 is 1.71 bits per heavy atom. The van der Waals surface area contributed by atoms with Crippen molar-refractivity contribution in [3.05, 3.63) is 39.9 Å². The minimum Gasteiger partial charge on any atom is -0.493 e. The van der Waals surface area contributed by atoms with E-state index < -0.39 is 37.9 Å². The zero-order valence-corrected chi connectivity index (χ0v) is 27.0. The van der Waals surface area contributed by atoms with E-state index in [2.05, 4.69) is 19.6 Å². The Morgan fingerprint density at radius 3 is 2.33 bits per heavy atom. The molecule has 11 heteroatoms. The van der Waals surface area contributed by atoms with E-state index in [-0.39, 0.29) is 18.1 Å². The second-order valence-corrected chi connectivity index (χ2v) is 18.6. The number of hydrogen-bond donors (Lipinski definition) is 0. The molecule has 0 radical (unpaired) electrons. The fraction of sp³-hybridized carbons (Fsp3) is 0.548. The summed E-state index contributed by atoms with van der Waals surface area (Å²) >= 11 is 0. The van der Waals surface area contributed by atoms with E-state index in [0.29, 0.717) is 41.5 Å². The summed E-state index contributed by atoms with van der Waals surface area (Å²) in [5, 5.41) is 0. The predicted octanol–water partition coefficient (Wildman–Crippen LogP) is 6.07. The molecule has 3 aliphatic heterocycles. The number of carbonyl (C=O) groups excluding carboxylic acids is 2. The van der Waals surface area contributed by atoms with Crippen molar-refractivity contribution in [1.82, 2.24) is 4.90 Å². The Morgan fingerprint density at radius 1 is 1.02 bits per heavy atom. The van der Waals surface area contributed by atoms with Gasteiger partial charge in [0.05, 0.1) is 21.3 Å². The van der Waals surface area contributed by atoms with Crippen LogP contribution >= 0.6 is 0 Å². The highest BCUT2D eigenvalue weighted by Crippen LogP contribution is 2.57. The number of fused-ring (bicyclic) bond motifs is 3. The van der Waals surface area contributed by atoms with Gasteiger partial charge < -0.3 is 33.2 Å². The van der Waals surface area contributed by atoms with Gasteiger partial charge in [-0.1, -0.05) is 31.8 Å². The third-order valence-electron chi connectivity index (χ3n) is 7.83. The molecule has 0 aliphatic carbocycles. The normalized spacial score (nSPS) is 19.2. The molecule has 2 aromatic rings. The maximum Gasteiger partial charge on any atom is 0.410 e. The highest BCUT2D eigenvalue weighted by molar-refractivity contribution is 6.76. The summed E-state index contributed by atoms with van der Waals surface area (Å²) in [6, 6.07) is 3.81. The predicted molar refractivity (Wildman–Crippen MR) is 158 cm³/mol. The van der Waals surface area contributed by atoms with Crippen molar-refractivity contribution < 1.29 is 42.7 Å². The monoisotopic (exact) mass is 599 g/mol. The first kappa shape index (κ1) is 29.9. The van der Waals surface area contributed by atoms with Gasteiger partial charge in [-0.3, -0.25) is 4.90 Å². The Bertz CT molecular complexity index is 1410. The molecule has 3 aliphatic rings. The Hall–Kier alpha value is -3.60. The molecule has 3 heterocycles. The average molecular weight is 600 g/mol. The summed E-state index contributed by atoms with van der Waals surface area (Å²) < 4.78 is 41.1. The van der Waals surface area contributed by atoms with Crippen molar-refractivity contribution in [2.45, 2.75) is 77.0 Å². The number of ether oxygens (including phenoxy) is 7. The molecule has 2 atom stereocenters. The number of carbonyl (C=O) groups is 2. The molecule has 0 spiro atoms. The zero-order chi connectivity index (χ0) is 30.6. The van der Waals surface area contributed by atoms with Crippen molar-refractivity contribution in [2.75, 3.05) is 34.7 Å². The van der Waals surface area contributed by atoms with E-state index >= 15 is 0 Å². The van der Waals surface area contributed by atoms with E-state index in [1.807, 2.05) is 20.8 Å². The van der Waals surface area contributed by atoms with Gasteiger partial charge in [-0.25, -0.2) is 9.59 Å². The van der Waals surface area contributed by atoms with Crippen LogP contribution in [0.1, 0.15) is 65.5 Å². The van der Waals surface area contributed by atoms with Crippen LogP contribution in [0, 0.1) is 0 Å². The largest absolute Gasteiger partial charge is 0.493 e. The van der Waals surface area contributed by atoms with E-state index in [1.54, 1.807) is 24.1 Å². The van der Waals surface area contributed by atoms with Gasteiger partial charge in [-0.15, -0.1) is 0 Å². The molecule has 0 bridgehead atoms. The number of amides is 1. The molecule has 0 saturated heterocycles. The van der Waals surface area contributed by atoms with Crippen molar-refractivity contribution in [3.8, 4) is 28.7 Å². The van der Waals surface area contributed by atoms with Crippen molar-refractivity contribution in [3.63, 3.8) is 0 Å². The van der Waals surface area contributed by atoms with Gasteiger partial charge in [0.15, 0.2) is 29.1 Å². The lowest BCUT2D eigenvalue weighted by molar-refractivity contribution is -0.0195. The lowest BCUT2D eigenvalue weighted by Gasteiger charge is -2.41. The molecule has 0 unspecified atom stereocenters. The quantitative estimate of drug-likeness (QED) is 0.277. The molecule has 1 amide bonds. The molecular weight excluding hydrogens is 558 g/mol. The van der Waals surface area contributed by atoms with Gasteiger partial charge in [0, 0.05) is 31.3 Å². The van der Waals surface area contributed by atoms with Gasteiger partial charge in [-0.05, 0) is 45.2 Å². The minimum absolute atomic E-state index is 0.0766. The summed E-state index contributed by atoms with van der Waals surface area (Å²) in [5.74, 6) is 1.82. The third-order valence-corrected chi connectivity index (χ3v) is 9.58. The first-order valence-electron chi connectivity index (χ1n) is 14.3. The minimum atomic E-state index is -1.42. The fourth-order valence-electron chi connectivity index (χ4n) is 6.03. The van der Waals surface area contributed by atoms with Crippen LogP contribution in [0.3, 0.4) is 0 Å². The number of methoxy groups -OCH3 is 3. The second-order valence-electron chi connectivity index (χ2n) is 13.0. The Labute approximate surface area is 248 Å². The molecule has 2 aromatic carbocycles. The van der Waals surface area contributed by atoms with E-state index in [0.717, 1.165) is 29.2 Å². The van der Waals surface area contributed by atoms with Crippen LogP contribution in [0.15, 0.2) is 12.1 Å². The SMILES string of the molecule is COc1ccc2c(c1OC)C(=O)O[C@@H]2[C@H]1c2c(c(CC[Si](C)(C)C)c3c(c2OC)OCO3)CCN1C(=O)OC(C)(C)C. The number of rotatable bonds is 7. The van der Waals surface area contributed by atoms with Crippen molar-refractivity contribution in [2.24, 2.45) is 0 Å². The Balaban J connectivity index is 1.75. The molecule has 0 N–H and O–H groups in total. The van der Waals surface area contributed by atoms with Gasteiger partial charge >= 0.3 is 12.1 Å². The first-order valence-corrected chi connectivity index (χ1v) is 18.0. The number of esters is 1. The van der Waals surface area contributed by atoms with Gasteiger partial charge in [0.1, 0.15) is 17.2 Å². The Kier molecular flexibility index (Phi) is 7.76. The lowest BCUT2D eigenvalue weighted by Crippen LogP contribution is -2.45. The van der Waals surface area contributed by atoms with E-state index in [1.165, 1.54) is 14.2 Å². The summed E-state index contributed by atoms with van der Waals surface area (Å²) in [7, 11) is 3.15. The summed E-state index contributed by atoms with van der Waals surface area (Å²) in [6.45, 7) is 12.9. The van der Waals surface area contributed by atoms with Crippen LogP contribution < -0.4 is 23.7 Å². The molecular formula is C31H41NO9Si. The van der Waals surface area contributed by atoms with Crippen LogP contribution in [0.2, 0.25) is 25.7 Å². The second kappa shape index (κ2) is 10.9. The highest BCUT2D eigenvalue weighted by Gasteiger charge is 2.50. The van der Waals surface area contributed by atoms with Gasteiger partial charge in [0.2, 0.25) is 12.5 Å². The summed E-state index contributed by atoms with van der Waals surface area (Å²) in [5.41, 5.74) is 2.97. The van der Waals surface area contributed by atoms with Crippen molar-refractivity contribution >= 4 is 20.1 Å². The number of cyclic esters (lactones) is 1. The maximum atomic E-state index is 13.8. The third kappa shape index (κ3) is 5.23. The zero-order valence-electron chi connectivity index (χ0n) is 26.0. The topological polar surface area (TPSA) is 102 Å². The molecule has 5 rings (SSSR count). The first-order chi connectivity index (χ1) is 19.8. The fourth-order valence-corrected chi connectivity index (χ4v) is 7.03. The van der Waals surface area contributed by atoms with Crippen LogP contribution in [0.4, 0.5) is 4.79 Å². The molecule has 0 saturated carbocycles. The number of nitrogens with zero attached hydrogens (tertiary/aromatic N) is 1. The van der Waals surface area contributed by atoms with E-state index in [4.69, 9.17) is 33.2 Å². The van der Waals surface area contributed by atoms with Crippen LogP contribution in [-0.2, 0) is 22.3 Å². The molecule has 10 nitrogen and oxygen atoms in total. The van der Waals surface area contributed by atoms with Crippen LogP contribution in [0.25, 0.3) is 0 Å². The molecule has 42 heavy (non-hydrogen) atoms. The van der Waals surface area contributed by atoms with Gasteiger partial charge in [-0.2, -0.15) is 0 Å². The van der Waals surface area contributed by atoms with Crippen LogP contribution in [-0.4, -0.2) is 65.3 Å². The summed E-state index contributed by atoms with van der Waals surface area (Å²) in [6.07, 6.45) is -0.0122. The summed E-state index contributed by atoms with van der Waals surface area (Å²) in [4.78, 5) is 28.9.